The molecule has 0 saturated heterocycles. The summed E-state index contributed by atoms with van der Waals surface area (Å²) in [5, 5.41) is 8.96. The van der Waals surface area contributed by atoms with E-state index in [1.54, 1.807) is 6.92 Å². The first kappa shape index (κ1) is 10.2. The Bertz CT molecular complexity index is 372. The SMILES string of the molecule is C[C@H](C(=O)O)C1=CCC2=C(CC=CC2)C1. The average Bonchev–Trinajstić information content (AvgIpc) is 2.27. The Morgan fingerprint density at radius 1 is 1.27 bits per heavy atom. The van der Waals surface area contributed by atoms with Crippen molar-refractivity contribution < 1.29 is 9.90 Å². The molecule has 0 fully saturated rings. The van der Waals surface area contributed by atoms with Gasteiger partial charge in [0.15, 0.2) is 0 Å². The maximum atomic E-state index is 10.9. The van der Waals surface area contributed by atoms with Crippen LogP contribution < -0.4 is 0 Å². The van der Waals surface area contributed by atoms with E-state index in [9.17, 15) is 4.79 Å². The Hall–Kier alpha value is -1.31. The van der Waals surface area contributed by atoms with Gasteiger partial charge in [-0.1, -0.05) is 34.9 Å². The van der Waals surface area contributed by atoms with Gasteiger partial charge in [0, 0.05) is 0 Å². The summed E-state index contributed by atoms with van der Waals surface area (Å²) in [4.78, 5) is 10.9. The Morgan fingerprint density at radius 3 is 2.60 bits per heavy atom. The molecule has 15 heavy (non-hydrogen) atoms. The summed E-state index contributed by atoms with van der Waals surface area (Å²) < 4.78 is 0. The molecule has 1 atom stereocenters. The summed E-state index contributed by atoms with van der Waals surface area (Å²) in [5.74, 6) is -1.04. The molecule has 2 heteroatoms. The van der Waals surface area contributed by atoms with Gasteiger partial charge in [0.1, 0.15) is 0 Å². The van der Waals surface area contributed by atoms with Gasteiger partial charge in [-0.05, 0) is 32.6 Å². The summed E-state index contributed by atoms with van der Waals surface area (Å²) in [6, 6.07) is 0. The maximum Gasteiger partial charge on any atom is 0.310 e. The molecule has 2 nitrogen and oxygen atoms in total. The Labute approximate surface area is 90.0 Å². The number of carboxylic acid groups (broad SMARTS) is 1. The van der Waals surface area contributed by atoms with Crippen molar-refractivity contribution in [1.82, 2.24) is 0 Å². The molecule has 0 spiro atoms. The number of allylic oxidation sites excluding steroid dienone is 5. The van der Waals surface area contributed by atoms with Crippen LogP contribution in [0.4, 0.5) is 0 Å². The zero-order chi connectivity index (χ0) is 10.8. The zero-order valence-electron chi connectivity index (χ0n) is 8.99. The largest absolute Gasteiger partial charge is 0.481 e. The van der Waals surface area contributed by atoms with Crippen LogP contribution in [-0.2, 0) is 4.79 Å². The van der Waals surface area contributed by atoms with Crippen LogP contribution in [0.25, 0.3) is 0 Å². The van der Waals surface area contributed by atoms with Crippen LogP contribution in [0.1, 0.15) is 32.6 Å². The quantitative estimate of drug-likeness (QED) is 0.702. The first-order valence-electron chi connectivity index (χ1n) is 5.45. The molecule has 0 aliphatic heterocycles. The molecule has 2 aliphatic carbocycles. The second-order valence-corrected chi connectivity index (χ2v) is 4.31. The molecule has 0 saturated carbocycles. The highest BCUT2D eigenvalue weighted by Gasteiger charge is 2.22. The van der Waals surface area contributed by atoms with Gasteiger partial charge in [0.2, 0.25) is 0 Å². The minimum atomic E-state index is -0.711. The van der Waals surface area contributed by atoms with Crippen LogP contribution >= 0.6 is 0 Å². The highest BCUT2D eigenvalue weighted by molar-refractivity contribution is 5.73. The van der Waals surface area contributed by atoms with E-state index in [2.05, 4.69) is 18.2 Å². The standard InChI is InChI=1S/C13H16O2/c1-9(13(14)15)11-7-6-10-4-2-3-5-12(10)8-11/h2-3,7,9H,4-6,8H2,1H3,(H,14,15)/t9-/m0/s1. The van der Waals surface area contributed by atoms with Crippen molar-refractivity contribution in [2.75, 3.05) is 0 Å². The Morgan fingerprint density at radius 2 is 1.93 bits per heavy atom. The number of hydrogen-bond donors (Lipinski definition) is 1. The third kappa shape index (κ3) is 2.04. The molecule has 0 amide bonds. The lowest BCUT2D eigenvalue weighted by atomic mass is 9.81. The molecule has 0 aromatic heterocycles. The minimum Gasteiger partial charge on any atom is -0.481 e. The summed E-state index contributed by atoms with van der Waals surface area (Å²) in [5.41, 5.74) is 4.03. The van der Waals surface area contributed by atoms with Crippen LogP contribution in [0.5, 0.6) is 0 Å². The Balaban J connectivity index is 2.09. The van der Waals surface area contributed by atoms with Crippen LogP contribution in [0.3, 0.4) is 0 Å². The lowest BCUT2D eigenvalue weighted by Gasteiger charge is -2.24. The molecule has 2 rings (SSSR count). The van der Waals surface area contributed by atoms with E-state index in [0.29, 0.717) is 0 Å². The van der Waals surface area contributed by atoms with Crippen LogP contribution in [-0.4, -0.2) is 11.1 Å². The number of rotatable bonds is 2. The topological polar surface area (TPSA) is 37.3 Å². The van der Waals surface area contributed by atoms with Gasteiger partial charge in [0.05, 0.1) is 5.92 Å². The van der Waals surface area contributed by atoms with Crippen molar-refractivity contribution in [2.24, 2.45) is 5.92 Å². The van der Waals surface area contributed by atoms with Gasteiger partial charge >= 0.3 is 5.97 Å². The summed E-state index contributed by atoms with van der Waals surface area (Å²) >= 11 is 0. The van der Waals surface area contributed by atoms with Gasteiger partial charge in [-0.25, -0.2) is 0 Å². The fraction of sp³-hybridized carbons (Fsp3) is 0.462. The average molecular weight is 204 g/mol. The van der Waals surface area contributed by atoms with E-state index >= 15 is 0 Å². The second-order valence-electron chi connectivity index (χ2n) is 4.31. The number of aliphatic carboxylic acids is 1. The first-order chi connectivity index (χ1) is 7.18. The molecule has 1 N–H and O–H groups in total. The highest BCUT2D eigenvalue weighted by Crippen LogP contribution is 2.34. The van der Waals surface area contributed by atoms with E-state index in [0.717, 1.165) is 31.3 Å². The fourth-order valence-electron chi connectivity index (χ4n) is 2.23. The van der Waals surface area contributed by atoms with E-state index in [1.165, 1.54) is 11.1 Å². The number of carboxylic acids is 1. The van der Waals surface area contributed by atoms with Crippen LogP contribution in [0.2, 0.25) is 0 Å². The van der Waals surface area contributed by atoms with Gasteiger partial charge in [-0.3, -0.25) is 4.79 Å². The molecule has 0 aromatic carbocycles. The molecule has 2 aliphatic rings. The molecular formula is C13H16O2. The van der Waals surface area contributed by atoms with Gasteiger partial charge < -0.3 is 5.11 Å². The monoisotopic (exact) mass is 204 g/mol. The molecule has 0 heterocycles. The van der Waals surface area contributed by atoms with Crippen molar-refractivity contribution in [3.63, 3.8) is 0 Å². The highest BCUT2D eigenvalue weighted by atomic mass is 16.4. The second kappa shape index (κ2) is 4.05. The molecule has 0 unspecified atom stereocenters. The lowest BCUT2D eigenvalue weighted by molar-refractivity contribution is -0.139. The number of carbonyl (C=O) groups is 1. The molecule has 80 valence electrons. The molecular weight excluding hydrogens is 188 g/mol. The van der Waals surface area contributed by atoms with Crippen LogP contribution in [0.15, 0.2) is 34.9 Å². The fourth-order valence-corrected chi connectivity index (χ4v) is 2.23. The zero-order valence-corrected chi connectivity index (χ0v) is 8.99. The first-order valence-corrected chi connectivity index (χ1v) is 5.45. The third-order valence-corrected chi connectivity index (χ3v) is 3.35. The van der Waals surface area contributed by atoms with Gasteiger partial charge in [-0.15, -0.1) is 0 Å². The van der Waals surface area contributed by atoms with Gasteiger partial charge in [-0.2, -0.15) is 0 Å². The maximum absolute atomic E-state index is 10.9. The van der Waals surface area contributed by atoms with Crippen molar-refractivity contribution >= 4 is 5.97 Å². The molecule has 0 bridgehead atoms. The third-order valence-electron chi connectivity index (χ3n) is 3.35. The Kier molecular flexibility index (Phi) is 2.76. The van der Waals surface area contributed by atoms with Crippen molar-refractivity contribution in [1.29, 1.82) is 0 Å². The van der Waals surface area contributed by atoms with E-state index in [1.807, 2.05) is 0 Å². The van der Waals surface area contributed by atoms with E-state index in [-0.39, 0.29) is 5.92 Å². The smallest absolute Gasteiger partial charge is 0.310 e. The van der Waals surface area contributed by atoms with Gasteiger partial charge in [0.25, 0.3) is 0 Å². The number of hydrogen-bond acceptors (Lipinski definition) is 1. The van der Waals surface area contributed by atoms with Crippen molar-refractivity contribution in [3.8, 4) is 0 Å². The van der Waals surface area contributed by atoms with E-state index in [4.69, 9.17) is 5.11 Å². The predicted molar refractivity (Wildman–Crippen MR) is 59.5 cm³/mol. The van der Waals surface area contributed by atoms with Crippen molar-refractivity contribution in [2.45, 2.75) is 32.6 Å². The lowest BCUT2D eigenvalue weighted by Crippen LogP contribution is -2.15. The molecule has 0 aromatic rings. The summed E-state index contributed by atoms with van der Waals surface area (Å²) in [7, 11) is 0. The summed E-state index contributed by atoms with van der Waals surface area (Å²) in [6.07, 6.45) is 10.4. The minimum absolute atomic E-state index is 0.329. The van der Waals surface area contributed by atoms with Crippen LogP contribution in [0, 0.1) is 5.92 Å². The molecule has 0 radical (unpaired) electrons. The van der Waals surface area contributed by atoms with E-state index < -0.39 is 5.97 Å². The predicted octanol–water partition coefficient (Wildman–Crippen LogP) is 3.07. The summed E-state index contributed by atoms with van der Waals surface area (Å²) in [6.45, 7) is 1.78. The normalized spacial score (nSPS) is 22.1. The van der Waals surface area contributed by atoms with Crippen molar-refractivity contribution in [3.05, 3.63) is 34.9 Å².